The molecule has 3 N–H and O–H groups in total. The highest BCUT2D eigenvalue weighted by Gasteiger charge is 2.23. The van der Waals surface area contributed by atoms with Gasteiger partial charge in [0, 0.05) is 6.04 Å². The first-order valence-electron chi connectivity index (χ1n) is 6.58. The number of rotatable bonds is 7. The van der Waals surface area contributed by atoms with Crippen molar-refractivity contribution >= 4 is 10.0 Å². The molecule has 0 fully saturated rings. The molecule has 9 heteroatoms. The first-order valence-corrected chi connectivity index (χ1v) is 8.06. The van der Waals surface area contributed by atoms with Gasteiger partial charge in [-0.2, -0.15) is 9.82 Å². The smallest absolute Gasteiger partial charge is 0.274 e. The standard InChI is InChI=1S/C12H19N5O3S/c1-8(2)13-6-10-4-5-11(20-10)21(18,19)17-9(3)12-14-7-15-16-12/h4-5,7-9,13,17H,6H2,1-3H3,(H,14,15,16). The van der Waals surface area contributed by atoms with Gasteiger partial charge in [-0.05, 0) is 19.1 Å². The Morgan fingerprint density at radius 2 is 2.10 bits per heavy atom. The molecular weight excluding hydrogens is 294 g/mol. The third-order valence-electron chi connectivity index (χ3n) is 2.76. The van der Waals surface area contributed by atoms with E-state index in [0.717, 1.165) is 0 Å². The number of furan rings is 1. The van der Waals surface area contributed by atoms with Crippen LogP contribution in [-0.4, -0.2) is 29.6 Å². The molecule has 0 amide bonds. The Balaban J connectivity index is 2.05. The number of aromatic nitrogens is 3. The maximum absolute atomic E-state index is 12.2. The quantitative estimate of drug-likeness (QED) is 0.701. The topological polar surface area (TPSA) is 113 Å². The highest BCUT2D eigenvalue weighted by Crippen LogP contribution is 2.17. The molecule has 0 aliphatic heterocycles. The zero-order valence-electron chi connectivity index (χ0n) is 12.1. The van der Waals surface area contributed by atoms with Crippen molar-refractivity contribution in [2.24, 2.45) is 0 Å². The Hall–Kier alpha value is -1.71. The fourth-order valence-corrected chi connectivity index (χ4v) is 2.83. The molecule has 2 rings (SSSR count). The van der Waals surface area contributed by atoms with E-state index in [1.807, 2.05) is 13.8 Å². The minimum Gasteiger partial charge on any atom is -0.447 e. The molecular formula is C12H19N5O3S. The molecule has 0 saturated heterocycles. The second-order valence-electron chi connectivity index (χ2n) is 4.97. The zero-order valence-corrected chi connectivity index (χ0v) is 12.9. The lowest BCUT2D eigenvalue weighted by atomic mass is 10.3. The van der Waals surface area contributed by atoms with Gasteiger partial charge < -0.3 is 9.73 Å². The molecule has 0 saturated carbocycles. The summed E-state index contributed by atoms with van der Waals surface area (Å²) in [6.45, 7) is 6.15. The number of hydrogen-bond acceptors (Lipinski definition) is 6. The van der Waals surface area contributed by atoms with Crippen molar-refractivity contribution in [3.63, 3.8) is 0 Å². The second-order valence-corrected chi connectivity index (χ2v) is 6.61. The Morgan fingerprint density at radius 3 is 2.71 bits per heavy atom. The lowest BCUT2D eigenvalue weighted by Crippen LogP contribution is -2.27. The zero-order chi connectivity index (χ0) is 15.5. The van der Waals surface area contributed by atoms with Crippen molar-refractivity contribution in [3.8, 4) is 0 Å². The van der Waals surface area contributed by atoms with Gasteiger partial charge in [0.05, 0.1) is 12.6 Å². The van der Waals surface area contributed by atoms with Gasteiger partial charge in [0.1, 0.15) is 17.9 Å². The van der Waals surface area contributed by atoms with Crippen molar-refractivity contribution in [1.29, 1.82) is 0 Å². The van der Waals surface area contributed by atoms with Crippen LogP contribution in [0.1, 0.15) is 38.4 Å². The minimum absolute atomic E-state index is 0.116. The summed E-state index contributed by atoms with van der Waals surface area (Å²) in [6, 6.07) is 2.84. The molecule has 2 aromatic rings. The van der Waals surface area contributed by atoms with Gasteiger partial charge in [-0.3, -0.25) is 5.10 Å². The third-order valence-corrected chi connectivity index (χ3v) is 4.18. The van der Waals surface area contributed by atoms with Crippen LogP contribution in [0.2, 0.25) is 0 Å². The lowest BCUT2D eigenvalue weighted by Gasteiger charge is -2.10. The third kappa shape index (κ3) is 4.13. The Labute approximate surface area is 123 Å². The van der Waals surface area contributed by atoms with Crippen LogP contribution in [0.4, 0.5) is 0 Å². The van der Waals surface area contributed by atoms with Gasteiger partial charge in [-0.15, -0.1) is 0 Å². The normalized spacial score (nSPS) is 13.7. The van der Waals surface area contributed by atoms with Gasteiger partial charge in [0.2, 0.25) is 5.09 Å². The van der Waals surface area contributed by atoms with Crippen LogP contribution in [-0.2, 0) is 16.6 Å². The van der Waals surface area contributed by atoms with E-state index in [1.165, 1.54) is 12.4 Å². The second kappa shape index (κ2) is 6.37. The van der Waals surface area contributed by atoms with Crippen molar-refractivity contribution in [1.82, 2.24) is 25.2 Å². The van der Waals surface area contributed by atoms with Crippen molar-refractivity contribution < 1.29 is 12.8 Å². The number of nitrogens with one attached hydrogen (secondary N) is 3. The molecule has 0 bridgehead atoms. The van der Waals surface area contributed by atoms with E-state index in [0.29, 0.717) is 24.2 Å². The van der Waals surface area contributed by atoms with Crippen LogP contribution in [0.15, 0.2) is 28.0 Å². The molecule has 2 heterocycles. The summed E-state index contributed by atoms with van der Waals surface area (Å²) in [6.07, 6.45) is 1.32. The molecule has 1 atom stereocenters. The van der Waals surface area contributed by atoms with Gasteiger partial charge in [0.15, 0.2) is 0 Å². The summed E-state index contributed by atoms with van der Waals surface area (Å²) in [5, 5.41) is 9.35. The Bertz CT molecular complexity index is 663. The number of nitrogens with zero attached hydrogens (tertiary/aromatic N) is 2. The van der Waals surface area contributed by atoms with Crippen LogP contribution in [0.5, 0.6) is 0 Å². The fourth-order valence-electron chi connectivity index (χ4n) is 1.67. The number of aromatic amines is 1. The van der Waals surface area contributed by atoms with Crippen LogP contribution in [0.25, 0.3) is 0 Å². The van der Waals surface area contributed by atoms with Gasteiger partial charge in [-0.1, -0.05) is 13.8 Å². The molecule has 0 aromatic carbocycles. The predicted octanol–water partition coefficient (Wildman–Crippen LogP) is 0.935. The molecule has 2 aromatic heterocycles. The average molecular weight is 313 g/mol. The SMILES string of the molecule is CC(C)NCc1ccc(S(=O)(=O)NC(C)c2ncn[nH]2)o1. The van der Waals surface area contributed by atoms with Crippen LogP contribution in [0, 0.1) is 0 Å². The van der Waals surface area contributed by atoms with Crippen molar-refractivity contribution in [3.05, 3.63) is 30.0 Å². The highest BCUT2D eigenvalue weighted by molar-refractivity contribution is 7.89. The average Bonchev–Trinajstić information content (AvgIpc) is 3.07. The van der Waals surface area contributed by atoms with Gasteiger partial charge >= 0.3 is 0 Å². The van der Waals surface area contributed by atoms with Crippen LogP contribution in [0.3, 0.4) is 0 Å². The number of hydrogen-bond donors (Lipinski definition) is 3. The molecule has 0 aliphatic rings. The predicted molar refractivity (Wildman–Crippen MR) is 75.8 cm³/mol. The maximum Gasteiger partial charge on any atom is 0.274 e. The first-order chi connectivity index (χ1) is 9.88. The van der Waals surface area contributed by atoms with E-state index in [-0.39, 0.29) is 5.09 Å². The summed E-state index contributed by atoms with van der Waals surface area (Å²) < 4.78 is 32.2. The van der Waals surface area contributed by atoms with E-state index in [4.69, 9.17) is 4.42 Å². The summed E-state index contributed by atoms with van der Waals surface area (Å²) in [5.41, 5.74) is 0. The summed E-state index contributed by atoms with van der Waals surface area (Å²) >= 11 is 0. The summed E-state index contributed by atoms with van der Waals surface area (Å²) in [7, 11) is -3.74. The molecule has 8 nitrogen and oxygen atoms in total. The minimum atomic E-state index is -3.74. The molecule has 1 unspecified atom stereocenters. The van der Waals surface area contributed by atoms with Crippen LogP contribution < -0.4 is 10.0 Å². The Kier molecular flexibility index (Phi) is 4.76. The lowest BCUT2D eigenvalue weighted by molar-refractivity contribution is 0.391. The molecule has 0 radical (unpaired) electrons. The van der Waals surface area contributed by atoms with E-state index in [2.05, 4.69) is 25.2 Å². The van der Waals surface area contributed by atoms with Crippen molar-refractivity contribution in [2.45, 2.75) is 44.5 Å². The number of sulfonamides is 1. The molecule has 0 spiro atoms. The van der Waals surface area contributed by atoms with Crippen molar-refractivity contribution in [2.75, 3.05) is 0 Å². The first kappa shape index (κ1) is 15.7. The fraction of sp³-hybridized carbons (Fsp3) is 0.500. The maximum atomic E-state index is 12.2. The largest absolute Gasteiger partial charge is 0.447 e. The molecule has 21 heavy (non-hydrogen) atoms. The van der Waals surface area contributed by atoms with Gasteiger partial charge in [0.25, 0.3) is 10.0 Å². The monoisotopic (exact) mass is 313 g/mol. The van der Waals surface area contributed by atoms with E-state index >= 15 is 0 Å². The molecule has 0 aliphatic carbocycles. The molecule has 116 valence electrons. The highest BCUT2D eigenvalue weighted by atomic mass is 32.2. The van der Waals surface area contributed by atoms with Gasteiger partial charge in [-0.25, -0.2) is 13.4 Å². The Morgan fingerprint density at radius 1 is 1.33 bits per heavy atom. The van der Waals surface area contributed by atoms with E-state index < -0.39 is 16.1 Å². The summed E-state index contributed by atoms with van der Waals surface area (Å²) in [4.78, 5) is 3.91. The van der Waals surface area contributed by atoms with E-state index in [1.54, 1.807) is 13.0 Å². The van der Waals surface area contributed by atoms with Crippen LogP contribution >= 0.6 is 0 Å². The van der Waals surface area contributed by atoms with E-state index in [9.17, 15) is 8.42 Å². The summed E-state index contributed by atoms with van der Waals surface area (Å²) in [5.74, 6) is 1.00. The number of H-pyrrole nitrogens is 1.